The van der Waals surface area contributed by atoms with Crippen LogP contribution in [0.15, 0.2) is 5.38 Å². The molecule has 0 aliphatic heterocycles. The van der Waals surface area contributed by atoms with Crippen molar-refractivity contribution < 1.29 is 9.53 Å². The summed E-state index contributed by atoms with van der Waals surface area (Å²) in [5.41, 5.74) is 2.19. The van der Waals surface area contributed by atoms with Crippen molar-refractivity contribution in [2.24, 2.45) is 5.92 Å². The molecule has 0 aromatic carbocycles. The normalized spacial score (nSPS) is 17.8. The molecule has 1 amide bonds. The molecule has 1 aliphatic carbocycles. The van der Waals surface area contributed by atoms with Crippen LogP contribution in [0.5, 0.6) is 0 Å². The van der Waals surface area contributed by atoms with Gasteiger partial charge >= 0.3 is 0 Å². The van der Waals surface area contributed by atoms with Gasteiger partial charge in [0.1, 0.15) is 0 Å². The second-order valence-corrected chi connectivity index (χ2v) is 6.36. The SMILES string of the molecule is COCCNCCNC(=O)c1csc2c1CCC(C)C2. The zero-order valence-corrected chi connectivity index (χ0v) is 13.1. The first-order valence-electron chi connectivity index (χ1n) is 7.29. The number of hydrogen-bond acceptors (Lipinski definition) is 4. The molecule has 1 unspecified atom stereocenters. The minimum Gasteiger partial charge on any atom is -0.383 e. The van der Waals surface area contributed by atoms with E-state index in [9.17, 15) is 4.79 Å². The van der Waals surface area contributed by atoms with Gasteiger partial charge in [0.25, 0.3) is 5.91 Å². The number of hydrogen-bond donors (Lipinski definition) is 2. The molecule has 0 saturated carbocycles. The standard InChI is InChI=1S/C15H24N2O2S/c1-11-3-4-12-13(10-20-14(12)9-11)15(18)17-6-5-16-7-8-19-2/h10-11,16H,3-9H2,1-2H3,(H,17,18). The van der Waals surface area contributed by atoms with Gasteiger partial charge in [0.2, 0.25) is 0 Å². The molecule has 2 rings (SSSR count). The van der Waals surface area contributed by atoms with E-state index in [-0.39, 0.29) is 5.91 Å². The van der Waals surface area contributed by atoms with Gasteiger partial charge in [0.05, 0.1) is 12.2 Å². The van der Waals surface area contributed by atoms with Gasteiger partial charge in [0, 0.05) is 37.0 Å². The lowest BCUT2D eigenvalue weighted by Gasteiger charge is -2.18. The van der Waals surface area contributed by atoms with Crippen LogP contribution in [-0.4, -0.2) is 39.3 Å². The highest BCUT2D eigenvalue weighted by Crippen LogP contribution is 2.32. The number of ether oxygens (including phenoxy) is 1. The highest BCUT2D eigenvalue weighted by molar-refractivity contribution is 7.10. The number of rotatable bonds is 7. The molecular weight excluding hydrogens is 272 g/mol. The van der Waals surface area contributed by atoms with Crippen LogP contribution >= 0.6 is 11.3 Å². The van der Waals surface area contributed by atoms with Crippen molar-refractivity contribution in [2.45, 2.75) is 26.2 Å². The summed E-state index contributed by atoms with van der Waals surface area (Å²) in [5.74, 6) is 0.827. The van der Waals surface area contributed by atoms with E-state index in [0.29, 0.717) is 13.2 Å². The van der Waals surface area contributed by atoms with E-state index in [0.717, 1.165) is 37.4 Å². The third-order valence-electron chi connectivity index (χ3n) is 3.72. The summed E-state index contributed by atoms with van der Waals surface area (Å²) in [7, 11) is 1.68. The van der Waals surface area contributed by atoms with Crippen LogP contribution in [-0.2, 0) is 17.6 Å². The van der Waals surface area contributed by atoms with E-state index in [1.807, 2.05) is 5.38 Å². The average molecular weight is 296 g/mol. The molecule has 0 radical (unpaired) electrons. The molecule has 5 heteroatoms. The van der Waals surface area contributed by atoms with Crippen LogP contribution in [0, 0.1) is 5.92 Å². The topological polar surface area (TPSA) is 50.4 Å². The molecule has 1 aromatic rings. The first kappa shape index (κ1) is 15.5. The Morgan fingerprint density at radius 3 is 3.10 bits per heavy atom. The summed E-state index contributed by atoms with van der Waals surface area (Å²) in [6, 6.07) is 0. The Morgan fingerprint density at radius 1 is 1.45 bits per heavy atom. The van der Waals surface area contributed by atoms with Crippen molar-refractivity contribution >= 4 is 17.2 Å². The van der Waals surface area contributed by atoms with Crippen LogP contribution in [0.25, 0.3) is 0 Å². The summed E-state index contributed by atoms with van der Waals surface area (Å²) in [4.78, 5) is 13.6. The molecule has 0 spiro atoms. The summed E-state index contributed by atoms with van der Waals surface area (Å²) in [6.45, 7) is 5.23. The van der Waals surface area contributed by atoms with Gasteiger partial charge in [-0.25, -0.2) is 0 Å². The molecule has 1 atom stereocenters. The van der Waals surface area contributed by atoms with Crippen LogP contribution in [0.1, 0.15) is 34.1 Å². The Balaban J connectivity index is 1.79. The van der Waals surface area contributed by atoms with Gasteiger partial charge in [-0.05, 0) is 30.7 Å². The quantitative estimate of drug-likeness (QED) is 0.755. The number of carbonyl (C=O) groups is 1. The van der Waals surface area contributed by atoms with Gasteiger partial charge in [-0.3, -0.25) is 4.79 Å². The maximum absolute atomic E-state index is 12.2. The predicted octanol–water partition coefficient (Wildman–Crippen LogP) is 1.84. The van der Waals surface area contributed by atoms with Crippen molar-refractivity contribution in [1.29, 1.82) is 0 Å². The molecule has 1 aromatic heterocycles. The van der Waals surface area contributed by atoms with Gasteiger partial charge in [-0.1, -0.05) is 6.92 Å². The van der Waals surface area contributed by atoms with E-state index >= 15 is 0 Å². The smallest absolute Gasteiger partial charge is 0.252 e. The highest BCUT2D eigenvalue weighted by atomic mass is 32.1. The number of fused-ring (bicyclic) bond motifs is 1. The third-order valence-corrected chi connectivity index (χ3v) is 4.77. The Morgan fingerprint density at radius 2 is 2.30 bits per heavy atom. The molecular formula is C15H24N2O2S. The van der Waals surface area contributed by atoms with Gasteiger partial charge in [-0.15, -0.1) is 11.3 Å². The summed E-state index contributed by atoms with van der Waals surface area (Å²) >= 11 is 1.74. The molecule has 0 bridgehead atoms. The van der Waals surface area contributed by atoms with Crippen molar-refractivity contribution in [3.8, 4) is 0 Å². The average Bonchev–Trinajstić information content (AvgIpc) is 2.85. The van der Waals surface area contributed by atoms with Crippen molar-refractivity contribution in [1.82, 2.24) is 10.6 Å². The first-order chi connectivity index (χ1) is 9.72. The second-order valence-electron chi connectivity index (χ2n) is 5.40. The molecule has 20 heavy (non-hydrogen) atoms. The van der Waals surface area contributed by atoms with Crippen LogP contribution < -0.4 is 10.6 Å². The van der Waals surface area contributed by atoms with E-state index in [1.54, 1.807) is 18.4 Å². The number of amides is 1. The number of nitrogens with one attached hydrogen (secondary N) is 2. The second kappa shape index (κ2) is 7.76. The summed E-state index contributed by atoms with van der Waals surface area (Å²) < 4.78 is 4.95. The Kier molecular flexibility index (Phi) is 6.01. The minimum absolute atomic E-state index is 0.0746. The van der Waals surface area contributed by atoms with E-state index in [4.69, 9.17) is 4.74 Å². The zero-order chi connectivity index (χ0) is 14.4. The van der Waals surface area contributed by atoms with Crippen molar-refractivity contribution in [3.63, 3.8) is 0 Å². The summed E-state index contributed by atoms with van der Waals surface area (Å²) in [5, 5.41) is 8.23. The number of thiophene rings is 1. The lowest BCUT2D eigenvalue weighted by molar-refractivity contribution is 0.0953. The van der Waals surface area contributed by atoms with E-state index in [1.165, 1.54) is 16.9 Å². The lowest BCUT2D eigenvalue weighted by Crippen LogP contribution is -2.33. The fraction of sp³-hybridized carbons (Fsp3) is 0.667. The predicted molar refractivity (Wildman–Crippen MR) is 82.6 cm³/mol. The van der Waals surface area contributed by atoms with Crippen molar-refractivity contribution in [3.05, 3.63) is 21.4 Å². The minimum atomic E-state index is 0.0746. The molecule has 1 heterocycles. The Bertz CT molecular complexity index is 445. The lowest BCUT2D eigenvalue weighted by atomic mass is 9.88. The first-order valence-corrected chi connectivity index (χ1v) is 8.17. The van der Waals surface area contributed by atoms with Crippen molar-refractivity contribution in [2.75, 3.05) is 33.4 Å². The van der Waals surface area contributed by atoms with Crippen LogP contribution in [0.2, 0.25) is 0 Å². The number of carbonyl (C=O) groups excluding carboxylic acids is 1. The molecule has 1 aliphatic rings. The van der Waals surface area contributed by atoms with E-state index in [2.05, 4.69) is 17.6 Å². The summed E-state index contributed by atoms with van der Waals surface area (Å²) in [6.07, 6.45) is 3.38. The third kappa shape index (κ3) is 4.04. The molecule has 112 valence electrons. The van der Waals surface area contributed by atoms with Gasteiger partial charge in [-0.2, -0.15) is 0 Å². The fourth-order valence-corrected chi connectivity index (χ4v) is 3.77. The van der Waals surface area contributed by atoms with Crippen LogP contribution in [0.4, 0.5) is 0 Å². The fourth-order valence-electron chi connectivity index (χ4n) is 2.53. The molecule has 4 nitrogen and oxygen atoms in total. The maximum atomic E-state index is 12.2. The molecule has 0 saturated heterocycles. The maximum Gasteiger partial charge on any atom is 0.252 e. The van der Waals surface area contributed by atoms with Gasteiger partial charge in [0.15, 0.2) is 0 Å². The van der Waals surface area contributed by atoms with Gasteiger partial charge < -0.3 is 15.4 Å². The molecule has 0 fully saturated rings. The number of methoxy groups -OCH3 is 1. The zero-order valence-electron chi connectivity index (χ0n) is 12.3. The Hall–Kier alpha value is -0.910. The monoisotopic (exact) mass is 296 g/mol. The highest BCUT2D eigenvalue weighted by Gasteiger charge is 2.22. The molecule has 2 N–H and O–H groups in total. The largest absolute Gasteiger partial charge is 0.383 e. The van der Waals surface area contributed by atoms with E-state index < -0.39 is 0 Å². The Labute approximate surface area is 124 Å². The van der Waals surface area contributed by atoms with Crippen LogP contribution in [0.3, 0.4) is 0 Å².